The summed E-state index contributed by atoms with van der Waals surface area (Å²) in [6.07, 6.45) is 1.72. The van der Waals surface area contributed by atoms with Crippen LogP contribution in [0.2, 0.25) is 0 Å². The Bertz CT molecular complexity index is 865. The number of benzene rings is 2. The van der Waals surface area contributed by atoms with Crippen molar-refractivity contribution in [3.05, 3.63) is 59.4 Å². The number of nitrogens with zero attached hydrogens (tertiary/aromatic N) is 1. The molecule has 6 nitrogen and oxygen atoms in total. The second-order valence-corrected chi connectivity index (χ2v) is 7.61. The third-order valence-electron chi connectivity index (χ3n) is 5.52. The first-order chi connectivity index (χ1) is 15.0. The first-order valence-electron chi connectivity index (χ1n) is 10.5. The number of hydrogen-bond acceptors (Lipinski definition) is 5. The van der Waals surface area contributed by atoms with Crippen molar-refractivity contribution in [3.63, 3.8) is 0 Å². The smallest absolute Gasteiger partial charge is 0.414 e. The fourth-order valence-corrected chi connectivity index (χ4v) is 3.59. The number of methoxy groups -OCH3 is 1. The van der Waals surface area contributed by atoms with E-state index in [-0.39, 0.29) is 12.4 Å². The molecule has 1 saturated heterocycles. The maximum atomic E-state index is 14.3. The van der Waals surface area contributed by atoms with Crippen LogP contribution in [0.1, 0.15) is 37.3 Å². The van der Waals surface area contributed by atoms with Gasteiger partial charge in [0.15, 0.2) is 0 Å². The molecule has 0 spiro atoms. The normalized spacial score (nSPS) is 15.4. The van der Waals surface area contributed by atoms with Gasteiger partial charge in [0.2, 0.25) is 0 Å². The number of anilines is 1. The van der Waals surface area contributed by atoms with Crippen molar-refractivity contribution in [3.8, 4) is 5.75 Å². The molecule has 0 atom stereocenters. The number of ether oxygens (including phenoxy) is 4. The zero-order valence-corrected chi connectivity index (χ0v) is 18.4. The van der Waals surface area contributed by atoms with Gasteiger partial charge in [0.1, 0.15) is 18.2 Å². The molecular formula is C24H30FNO5. The minimum atomic E-state index is -0.558. The fourth-order valence-electron chi connectivity index (χ4n) is 3.59. The molecule has 0 unspecified atom stereocenters. The highest BCUT2D eigenvalue weighted by Crippen LogP contribution is 2.37. The Balaban J connectivity index is 1.66. The van der Waals surface area contributed by atoms with Crippen LogP contribution < -0.4 is 9.64 Å². The molecule has 7 heteroatoms. The maximum absolute atomic E-state index is 14.3. The van der Waals surface area contributed by atoms with Crippen LogP contribution in [0, 0.1) is 5.82 Å². The Hall–Kier alpha value is -2.64. The molecule has 1 amide bonds. The van der Waals surface area contributed by atoms with E-state index in [1.807, 2.05) is 37.3 Å². The van der Waals surface area contributed by atoms with Crippen LogP contribution in [-0.2, 0) is 26.4 Å². The van der Waals surface area contributed by atoms with Crippen molar-refractivity contribution in [1.29, 1.82) is 0 Å². The van der Waals surface area contributed by atoms with E-state index in [1.54, 1.807) is 14.2 Å². The lowest BCUT2D eigenvalue weighted by molar-refractivity contribution is -0.0950. The van der Waals surface area contributed by atoms with E-state index in [9.17, 15) is 9.18 Å². The van der Waals surface area contributed by atoms with Gasteiger partial charge in [0.05, 0.1) is 12.2 Å². The molecule has 0 radical (unpaired) electrons. The molecule has 0 N–H and O–H groups in total. The van der Waals surface area contributed by atoms with Gasteiger partial charge in [-0.2, -0.15) is 0 Å². The molecule has 0 saturated carbocycles. The summed E-state index contributed by atoms with van der Waals surface area (Å²) in [4.78, 5) is 13.4. The van der Waals surface area contributed by atoms with Gasteiger partial charge in [-0.25, -0.2) is 9.18 Å². The number of carbonyl (C=O) groups excluding carboxylic acids is 1. The highest BCUT2D eigenvalue weighted by atomic mass is 19.1. The summed E-state index contributed by atoms with van der Waals surface area (Å²) in [6, 6.07) is 12.1. The van der Waals surface area contributed by atoms with Crippen molar-refractivity contribution in [2.75, 3.05) is 38.9 Å². The molecule has 2 aromatic rings. The van der Waals surface area contributed by atoms with Gasteiger partial charge in [0.25, 0.3) is 0 Å². The van der Waals surface area contributed by atoms with Gasteiger partial charge < -0.3 is 18.9 Å². The van der Waals surface area contributed by atoms with Gasteiger partial charge in [-0.15, -0.1) is 0 Å². The van der Waals surface area contributed by atoms with Crippen molar-refractivity contribution in [2.45, 2.75) is 38.4 Å². The Morgan fingerprint density at radius 3 is 2.52 bits per heavy atom. The minimum absolute atomic E-state index is 0.274. The summed E-state index contributed by atoms with van der Waals surface area (Å²) < 4.78 is 36.5. The Kier molecular flexibility index (Phi) is 7.87. The third kappa shape index (κ3) is 5.74. The van der Waals surface area contributed by atoms with E-state index in [0.717, 1.165) is 23.2 Å². The monoisotopic (exact) mass is 431 g/mol. The first-order valence-corrected chi connectivity index (χ1v) is 10.5. The maximum Gasteiger partial charge on any atom is 0.414 e. The summed E-state index contributed by atoms with van der Waals surface area (Å²) in [5, 5.41) is 0. The Morgan fingerprint density at radius 2 is 1.87 bits per heavy atom. The van der Waals surface area contributed by atoms with E-state index >= 15 is 0 Å². The summed E-state index contributed by atoms with van der Waals surface area (Å²) in [6.45, 7) is 3.77. The minimum Gasteiger partial charge on any atom is -0.489 e. The topological polar surface area (TPSA) is 57.2 Å². The summed E-state index contributed by atoms with van der Waals surface area (Å²) in [5.41, 5.74) is 1.82. The number of hydrogen-bond donors (Lipinski definition) is 0. The van der Waals surface area contributed by atoms with Crippen molar-refractivity contribution in [2.24, 2.45) is 0 Å². The van der Waals surface area contributed by atoms with Crippen molar-refractivity contribution >= 4 is 11.8 Å². The number of amides is 1. The van der Waals surface area contributed by atoms with Crippen LogP contribution in [0.5, 0.6) is 5.75 Å². The molecule has 1 fully saturated rings. The molecule has 0 bridgehead atoms. The quantitative estimate of drug-likeness (QED) is 0.586. The largest absolute Gasteiger partial charge is 0.489 e. The molecule has 3 rings (SSSR count). The van der Waals surface area contributed by atoms with Crippen LogP contribution in [0.25, 0.3) is 0 Å². The average Bonchev–Trinajstić information content (AvgIpc) is 2.81. The van der Waals surface area contributed by atoms with E-state index < -0.39 is 11.7 Å². The molecule has 168 valence electrons. The lowest BCUT2D eigenvalue weighted by atomic mass is 9.86. The van der Waals surface area contributed by atoms with Gasteiger partial charge in [-0.1, -0.05) is 19.1 Å². The first kappa shape index (κ1) is 23.0. The highest BCUT2D eigenvalue weighted by Gasteiger charge is 2.35. The third-order valence-corrected chi connectivity index (χ3v) is 5.52. The second-order valence-electron chi connectivity index (χ2n) is 7.61. The summed E-state index contributed by atoms with van der Waals surface area (Å²) in [7, 11) is 3.31. The lowest BCUT2D eigenvalue weighted by Crippen LogP contribution is -2.35. The number of carbonyl (C=O) groups is 1. The predicted molar refractivity (Wildman–Crippen MR) is 116 cm³/mol. The zero-order valence-electron chi connectivity index (χ0n) is 18.4. The number of halogens is 1. The molecule has 2 aromatic carbocycles. The van der Waals surface area contributed by atoms with Crippen LogP contribution in [-0.4, -0.2) is 40.1 Å². The van der Waals surface area contributed by atoms with E-state index in [2.05, 4.69) is 0 Å². The molecular weight excluding hydrogens is 401 g/mol. The van der Waals surface area contributed by atoms with Crippen molar-refractivity contribution < 1.29 is 28.1 Å². The van der Waals surface area contributed by atoms with Gasteiger partial charge in [0, 0.05) is 52.0 Å². The Morgan fingerprint density at radius 1 is 1.16 bits per heavy atom. The average molecular weight is 432 g/mol. The number of rotatable bonds is 8. The molecule has 1 aliphatic heterocycles. The molecule has 31 heavy (non-hydrogen) atoms. The molecule has 0 aromatic heterocycles. The predicted octanol–water partition coefficient (Wildman–Crippen LogP) is 5.04. The van der Waals surface area contributed by atoms with Crippen LogP contribution in [0.3, 0.4) is 0 Å². The fraction of sp³-hybridized carbons (Fsp3) is 0.458. The van der Waals surface area contributed by atoms with Crippen LogP contribution >= 0.6 is 0 Å². The van der Waals surface area contributed by atoms with E-state index in [1.165, 1.54) is 17.0 Å². The highest BCUT2D eigenvalue weighted by molar-refractivity contribution is 5.86. The van der Waals surface area contributed by atoms with Gasteiger partial charge in [-0.3, -0.25) is 4.90 Å². The van der Waals surface area contributed by atoms with Gasteiger partial charge >= 0.3 is 6.09 Å². The van der Waals surface area contributed by atoms with E-state index in [0.29, 0.717) is 38.4 Å². The van der Waals surface area contributed by atoms with Crippen LogP contribution in [0.15, 0.2) is 42.5 Å². The van der Waals surface area contributed by atoms with E-state index in [4.69, 9.17) is 18.9 Å². The van der Waals surface area contributed by atoms with Crippen molar-refractivity contribution in [1.82, 2.24) is 0 Å². The summed E-state index contributed by atoms with van der Waals surface area (Å²) >= 11 is 0. The standard InChI is InChI=1S/C24H30FNO5/c1-4-11-30-23(27)26(2)21-7-5-18(6-8-21)17-31-22-15-19(14-20(25)16-22)24(28-3)9-12-29-13-10-24/h5-8,14-16H,4,9-13,17H2,1-3H3. The Labute approximate surface area is 182 Å². The van der Waals surface area contributed by atoms with Crippen LogP contribution in [0.4, 0.5) is 14.9 Å². The zero-order chi connectivity index (χ0) is 22.3. The SMILES string of the molecule is CCCOC(=O)N(C)c1ccc(COc2cc(F)cc(C3(OC)CCOCC3)c2)cc1. The molecule has 0 aliphatic carbocycles. The van der Waals surface area contributed by atoms with Gasteiger partial charge in [-0.05, 0) is 41.8 Å². The summed E-state index contributed by atoms with van der Waals surface area (Å²) in [5.74, 6) is 0.0836. The second kappa shape index (κ2) is 10.6. The molecule has 1 heterocycles. The molecule has 1 aliphatic rings. The lowest BCUT2D eigenvalue weighted by Gasteiger charge is -2.36.